The van der Waals surface area contributed by atoms with Gasteiger partial charge >= 0.3 is 0 Å². The molecule has 2 rings (SSSR count). The van der Waals surface area contributed by atoms with Gasteiger partial charge in [0.2, 0.25) is 0 Å². The summed E-state index contributed by atoms with van der Waals surface area (Å²) in [4.78, 5) is 0. The van der Waals surface area contributed by atoms with Gasteiger partial charge in [-0.1, -0.05) is 20.3 Å². The molecule has 0 saturated carbocycles. The third kappa shape index (κ3) is 2.46. The molecule has 0 bridgehead atoms. The van der Waals surface area contributed by atoms with E-state index < -0.39 is 0 Å². The number of ether oxygens (including phenoxy) is 1. The van der Waals surface area contributed by atoms with Crippen molar-refractivity contribution in [3.63, 3.8) is 0 Å². The van der Waals surface area contributed by atoms with E-state index >= 15 is 0 Å². The molecule has 0 spiro atoms. The zero-order valence-electron chi connectivity index (χ0n) is 10.4. The number of aromatic nitrogens is 2. The van der Waals surface area contributed by atoms with Crippen LogP contribution in [0.15, 0.2) is 12.4 Å². The summed E-state index contributed by atoms with van der Waals surface area (Å²) in [5, 5.41) is 4.49. The lowest BCUT2D eigenvalue weighted by Gasteiger charge is -2.11. The predicted octanol–water partition coefficient (Wildman–Crippen LogP) is 3.14. The summed E-state index contributed by atoms with van der Waals surface area (Å²) in [6, 6.07) is 0.466. The van der Waals surface area contributed by atoms with Crippen LogP contribution in [0.4, 0.5) is 0 Å². The van der Waals surface area contributed by atoms with E-state index in [2.05, 4.69) is 29.8 Å². The minimum Gasteiger partial charge on any atom is -0.379 e. The van der Waals surface area contributed by atoms with E-state index in [4.69, 9.17) is 4.74 Å². The van der Waals surface area contributed by atoms with Crippen molar-refractivity contribution < 1.29 is 4.74 Å². The molecule has 2 heterocycles. The van der Waals surface area contributed by atoms with E-state index in [1.54, 1.807) is 0 Å². The average Bonchev–Trinajstić information content (AvgIpc) is 2.95. The SMILES string of the molecule is CCCC(CC)c1cnn(C2CCOC2)c1. The van der Waals surface area contributed by atoms with Crippen LogP contribution in [-0.2, 0) is 4.74 Å². The van der Waals surface area contributed by atoms with Gasteiger partial charge in [0.15, 0.2) is 0 Å². The van der Waals surface area contributed by atoms with E-state index in [0.717, 1.165) is 19.6 Å². The molecule has 2 unspecified atom stereocenters. The van der Waals surface area contributed by atoms with Crippen LogP contribution in [0.2, 0.25) is 0 Å². The van der Waals surface area contributed by atoms with Crippen LogP contribution in [0.1, 0.15) is 57.1 Å². The number of rotatable bonds is 5. The maximum atomic E-state index is 5.39. The molecule has 90 valence electrons. The molecule has 1 fully saturated rings. The topological polar surface area (TPSA) is 27.1 Å². The van der Waals surface area contributed by atoms with E-state index in [0.29, 0.717) is 12.0 Å². The fraction of sp³-hybridized carbons (Fsp3) is 0.769. The molecule has 0 amide bonds. The second kappa shape index (κ2) is 5.48. The summed E-state index contributed by atoms with van der Waals surface area (Å²) < 4.78 is 7.49. The fourth-order valence-corrected chi connectivity index (χ4v) is 2.45. The lowest BCUT2D eigenvalue weighted by Crippen LogP contribution is -2.08. The summed E-state index contributed by atoms with van der Waals surface area (Å²) in [7, 11) is 0. The van der Waals surface area contributed by atoms with E-state index in [9.17, 15) is 0 Å². The third-order valence-electron chi connectivity index (χ3n) is 3.50. The monoisotopic (exact) mass is 222 g/mol. The molecule has 0 aromatic carbocycles. The highest BCUT2D eigenvalue weighted by atomic mass is 16.5. The lowest BCUT2D eigenvalue weighted by atomic mass is 9.95. The maximum Gasteiger partial charge on any atom is 0.0774 e. The van der Waals surface area contributed by atoms with Gasteiger partial charge in [-0.3, -0.25) is 4.68 Å². The van der Waals surface area contributed by atoms with Crippen molar-refractivity contribution >= 4 is 0 Å². The summed E-state index contributed by atoms with van der Waals surface area (Å²) in [6.45, 7) is 6.21. The Morgan fingerprint density at radius 2 is 2.44 bits per heavy atom. The van der Waals surface area contributed by atoms with Crippen LogP contribution in [-0.4, -0.2) is 23.0 Å². The lowest BCUT2D eigenvalue weighted by molar-refractivity contribution is 0.184. The van der Waals surface area contributed by atoms with Gasteiger partial charge in [-0.15, -0.1) is 0 Å². The molecule has 1 aliphatic rings. The van der Waals surface area contributed by atoms with Gasteiger partial charge in [0.25, 0.3) is 0 Å². The second-order valence-corrected chi connectivity index (χ2v) is 4.66. The predicted molar refractivity (Wildman–Crippen MR) is 64.6 cm³/mol. The Labute approximate surface area is 97.8 Å². The van der Waals surface area contributed by atoms with Crippen molar-refractivity contribution in [1.82, 2.24) is 9.78 Å². The van der Waals surface area contributed by atoms with E-state index in [1.165, 1.54) is 24.8 Å². The maximum absolute atomic E-state index is 5.39. The minimum atomic E-state index is 0.466. The second-order valence-electron chi connectivity index (χ2n) is 4.66. The van der Waals surface area contributed by atoms with Gasteiger partial charge in [-0.05, 0) is 30.7 Å². The zero-order chi connectivity index (χ0) is 11.4. The largest absolute Gasteiger partial charge is 0.379 e. The fourth-order valence-electron chi connectivity index (χ4n) is 2.45. The Balaban J connectivity index is 2.05. The molecule has 3 nitrogen and oxygen atoms in total. The Morgan fingerprint density at radius 3 is 3.06 bits per heavy atom. The molecule has 1 saturated heterocycles. The van der Waals surface area contributed by atoms with Crippen molar-refractivity contribution in [2.24, 2.45) is 0 Å². The van der Waals surface area contributed by atoms with Gasteiger partial charge < -0.3 is 4.74 Å². The average molecular weight is 222 g/mol. The summed E-state index contributed by atoms with van der Waals surface area (Å²) in [5.74, 6) is 0.682. The molecule has 0 N–H and O–H groups in total. The molecule has 3 heteroatoms. The van der Waals surface area contributed by atoms with Crippen LogP contribution in [0, 0.1) is 0 Å². The quantitative estimate of drug-likeness (QED) is 0.765. The van der Waals surface area contributed by atoms with Crippen molar-refractivity contribution in [2.75, 3.05) is 13.2 Å². The molecule has 0 aliphatic carbocycles. The number of hydrogen-bond acceptors (Lipinski definition) is 2. The molecular formula is C13H22N2O. The van der Waals surface area contributed by atoms with Crippen molar-refractivity contribution in [1.29, 1.82) is 0 Å². The first-order chi connectivity index (χ1) is 7.85. The Hall–Kier alpha value is -0.830. The highest BCUT2D eigenvalue weighted by molar-refractivity contribution is 5.11. The van der Waals surface area contributed by atoms with E-state index in [-0.39, 0.29) is 0 Å². The normalized spacial score (nSPS) is 22.5. The standard InChI is InChI=1S/C13H22N2O/c1-3-5-11(4-2)12-8-14-15(9-12)13-6-7-16-10-13/h8-9,11,13H,3-7,10H2,1-2H3. The minimum absolute atomic E-state index is 0.466. The van der Waals surface area contributed by atoms with Crippen LogP contribution < -0.4 is 0 Å². The van der Waals surface area contributed by atoms with Gasteiger partial charge in [0.05, 0.1) is 18.8 Å². The smallest absolute Gasteiger partial charge is 0.0774 e. The summed E-state index contributed by atoms with van der Waals surface area (Å²) in [5.41, 5.74) is 1.40. The van der Waals surface area contributed by atoms with Crippen molar-refractivity contribution in [3.8, 4) is 0 Å². The van der Waals surface area contributed by atoms with Crippen LogP contribution in [0.25, 0.3) is 0 Å². The molecule has 2 atom stereocenters. The first kappa shape index (κ1) is 11.6. The number of nitrogens with zero attached hydrogens (tertiary/aromatic N) is 2. The highest BCUT2D eigenvalue weighted by Crippen LogP contribution is 2.26. The molecule has 0 radical (unpaired) electrons. The van der Waals surface area contributed by atoms with Crippen LogP contribution in [0.3, 0.4) is 0 Å². The molecule has 16 heavy (non-hydrogen) atoms. The van der Waals surface area contributed by atoms with Crippen LogP contribution >= 0.6 is 0 Å². The Kier molecular flexibility index (Phi) is 3.99. The van der Waals surface area contributed by atoms with Crippen molar-refractivity contribution in [3.05, 3.63) is 18.0 Å². The third-order valence-corrected chi connectivity index (χ3v) is 3.50. The molecule has 1 aromatic rings. The van der Waals surface area contributed by atoms with Gasteiger partial charge in [-0.2, -0.15) is 5.10 Å². The van der Waals surface area contributed by atoms with Gasteiger partial charge in [0.1, 0.15) is 0 Å². The van der Waals surface area contributed by atoms with Gasteiger partial charge in [-0.25, -0.2) is 0 Å². The van der Waals surface area contributed by atoms with Crippen molar-refractivity contribution in [2.45, 2.75) is 51.5 Å². The Morgan fingerprint density at radius 1 is 1.56 bits per heavy atom. The zero-order valence-corrected chi connectivity index (χ0v) is 10.4. The highest BCUT2D eigenvalue weighted by Gasteiger charge is 2.19. The molecule has 1 aliphatic heterocycles. The summed E-state index contributed by atoms with van der Waals surface area (Å²) >= 11 is 0. The Bertz CT molecular complexity index is 315. The molecule has 1 aromatic heterocycles. The van der Waals surface area contributed by atoms with Gasteiger partial charge in [0, 0.05) is 12.8 Å². The first-order valence-electron chi connectivity index (χ1n) is 6.47. The first-order valence-corrected chi connectivity index (χ1v) is 6.47. The summed E-state index contributed by atoms with van der Waals surface area (Å²) in [6.07, 6.45) is 9.09. The number of hydrogen-bond donors (Lipinski definition) is 0. The van der Waals surface area contributed by atoms with E-state index in [1.807, 2.05) is 6.20 Å². The van der Waals surface area contributed by atoms with Crippen LogP contribution in [0.5, 0.6) is 0 Å². The molecular weight excluding hydrogens is 200 g/mol.